The molecule has 3 aromatic rings. The van der Waals surface area contributed by atoms with Gasteiger partial charge in [-0.25, -0.2) is 0 Å². The molecular weight excluding hydrogens is 476 g/mol. The summed E-state index contributed by atoms with van der Waals surface area (Å²) in [6.07, 6.45) is 3.18. The third-order valence-electron chi connectivity index (χ3n) is 6.57. The van der Waals surface area contributed by atoms with E-state index in [4.69, 9.17) is 9.47 Å². The van der Waals surface area contributed by atoms with Gasteiger partial charge in [-0.2, -0.15) is 0 Å². The predicted octanol–water partition coefficient (Wildman–Crippen LogP) is 5.72. The van der Waals surface area contributed by atoms with Crippen molar-refractivity contribution in [3.63, 3.8) is 0 Å². The molecule has 0 aliphatic carbocycles. The predicted molar refractivity (Wildman–Crippen MR) is 151 cm³/mol. The second-order valence-corrected chi connectivity index (χ2v) is 9.43. The quantitative estimate of drug-likeness (QED) is 0.262. The fourth-order valence-corrected chi connectivity index (χ4v) is 4.26. The van der Waals surface area contributed by atoms with Crippen molar-refractivity contribution < 1.29 is 19.1 Å². The van der Waals surface area contributed by atoms with E-state index in [1.807, 2.05) is 85.8 Å². The Labute approximate surface area is 227 Å². The zero-order valence-electron chi connectivity index (χ0n) is 22.8. The van der Waals surface area contributed by atoms with Gasteiger partial charge in [-0.15, -0.1) is 0 Å². The second-order valence-electron chi connectivity index (χ2n) is 9.43. The molecule has 6 heteroatoms. The van der Waals surface area contributed by atoms with Crippen molar-refractivity contribution in [1.29, 1.82) is 0 Å². The van der Waals surface area contributed by atoms with E-state index in [1.165, 1.54) is 0 Å². The fourth-order valence-electron chi connectivity index (χ4n) is 4.26. The highest BCUT2D eigenvalue weighted by molar-refractivity contribution is 5.88. The number of benzene rings is 3. The van der Waals surface area contributed by atoms with Crippen LogP contribution in [0.5, 0.6) is 11.5 Å². The first-order valence-electron chi connectivity index (χ1n) is 13.4. The molecule has 0 aliphatic rings. The van der Waals surface area contributed by atoms with Crippen LogP contribution in [0.25, 0.3) is 0 Å². The number of rotatable bonds is 15. The first kappa shape index (κ1) is 28.8. The summed E-state index contributed by atoms with van der Waals surface area (Å²) >= 11 is 0. The maximum Gasteiger partial charge on any atom is 0.243 e. The molecule has 3 rings (SSSR count). The zero-order valence-corrected chi connectivity index (χ0v) is 22.8. The minimum atomic E-state index is -0.608. The number of ether oxygens (including phenoxy) is 2. The minimum Gasteiger partial charge on any atom is -0.497 e. The molecule has 0 saturated carbocycles. The maximum absolute atomic E-state index is 13.7. The lowest BCUT2D eigenvalue weighted by Gasteiger charge is -2.32. The van der Waals surface area contributed by atoms with Crippen LogP contribution in [0.1, 0.15) is 49.3 Å². The molecule has 3 aromatic carbocycles. The first-order valence-corrected chi connectivity index (χ1v) is 13.4. The standard InChI is InChI=1S/C32H40N2O4/c1-4-5-21-33-32(36)30(23-26-13-7-6-8-14-26)34(24-27-15-10-9-12-25(27)2)31(35)16-11-22-38-29-19-17-28(37-3)18-20-29/h6-10,12-15,17-20,30H,4-5,11,16,21-24H2,1-3H3,(H,33,36)/t30-/m1/s1. The highest BCUT2D eigenvalue weighted by Gasteiger charge is 2.30. The van der Waals surface area contributed by atoms with Gasteiger partial charge < -0.3 is 19.7 Å². The van der Waals surface area contributed by atoms with E-state index >= 15 is 0 Å². The molecule has 1 N–H and O–H groups in total. The summed E-state index contributed by atoms with van der Waals surface area (Å²) in [5.41, 5.74) is 3.15. The second kappa shape index (κ2) is 15.5. The van der Waals surface area contributed by atoms with E-state index in [1.54, 1.807) is 12.0 Å². The van der Waals surface area contributed by atoms with Crippen LogP contribution in [0.2, 0.25) is 0 Å². The van der Waals surface area contributed by atoms with Crippen molar-refractivity contribution >= 4 is 11.8 Å². The number of hydrogen-bond donors (Lipinski definition) is 1. The van der Waals surface area contributed by atoms with Gasteiger partial charge in [0.15, 0.2) is 0 Å². The van der Waals surface area contributed by atoms with E-state index in [0.717, 1.165) is 41.0 Å². The van der Waals surface area contributed by atoms with Crippen LogP contribution in [0, 0.1) is 6.92 Å². The van der Waals surface area contributed by atoms with E-state index in [9.17, 15) is 9.59 Å². The largest absolute Gasteiger partial charge is 0.497 e. The Morgan fingerprint density at radius 1 is 0.895 bits per heavy atom. The van der Waals surface area contributed by atoms with Gasteiger partial charge in [0.05, 0.1) is 13.7 Å². The maximum atomic E-state index is 13.7. The van der Waals surface area contributed by atoms with E-state index < -0.39 is 6.04 Å². The average molecular weight is 517 g/mol. The first-order chi connectivity index (χ1) is 18.5. The third kappa shape index (κ3) is 8.94. The zero-order chi connectivity index (χ0) is 27.2. The van der Waals surface area contributed by atoms with Gasteiger partial charge >= 0.3 is 0 Å². The number of amides is 2. The molecule has 38 heavy (non-hydrogen) atoms. The molecule has 202 valence electrons. The Morgan fingerprint density at radius 3 is 2.26 bits per heavy atom. The van der Waals surface area contributed by atoms with Crippen molar-refractivity contribution in [2.75, 3.05) is 20.3 Å². The van der Waals surface area contributed by atoms with Crippen molar-refractivity contribution in [1.82, 2.24) is 10.2 Å². The van der Waals surface area contributed by atoms with Crippen LogP contribution in [0.15, 0.2) is 78.9 Å². The summed E-state index contributed by atoms with van der Waals surface area (Å²) in [6, 6.07) is 24.7. The summed E-state index contributed by atoms with van der Waals surface area (Å²) in [5.74, 6) is 1.32. The number of aryl methyl sites for hydroxylation is 1. The van der Waals surface area contributed by atoms with Gasteiger partial charge in [-0.05, 0) is 60.7 Å². The molecule has 0 bridgehead atoms. The highest BCUT2D eigenvalue weighted by Crippen LogP contribution is 2.20. The molecule has 0 aliphatic heterocycles. The summed E-state index contributed by atoms with van der Waals surface area (Å²) in [6.45, 7) is 5.51. The molecule has 0 heterocycles. The van der Waals surface area contributed by atoms with Crippen molar-refractivity contribution in [3.8, 4) is 11.5 Å². The van der Waals surface area contributed by atoms with E-state index in [-0.39, 0.29) is 18.2 Å². The van der Waals surface area contributed by atoms with Crippen LogP contribution < -0.4 is 14.8 Å². The van der Waals surface area contributed by atoms with Gasteiger partial charge in [-0.3, -0.25) is 9.59 Å². The van der Waals surface area contributed by atoms with Crippen molar-refractivity contribution in [2.45, 2.75) is 58.5 Å². The Kier molecular flexibility index (Phi) is 11.7. The normalized spacial score (nSPS) is 11.4. The number of carbonyl (C=O) groups excluding carboxylic acids is 2. The van der Waals surface area contributed by atoms with Gasteiger partial charge in [0.2, 0.25) is 11.8 Å². The number of nitrogens with zero attached hydrogens (tertiary/aromatic N) is 1. The fraction of sp³-hybridized carbons (Fsp3) is 0.375. The summed E-state index contributed by atoms with van der Waals surface area (Å²) in [5, 5.41) is 3.07. The van der Waals surface area contributed by atoms with Gasteiger partial charge in [0.1, 0.15) is 17.5 Å². The molecule has 1 atom stereocenters. The molecular formula is C32H40N2O4. The van der Waals surface area contributed by atoms with Gasteiger partial charge in [-0.1, -0.05) is 67.9 Å². The SMILES string of the molecule is CCCCNC(=O)[C@@H](Cc1ccccc1)N(Cc1ccccc1C)C(=O)CCCOc1ccc(OC)cc1. The minimum absolute atomic E-state index is 0.0573. The molecule has 0 unspecified atom stereocenters. The number of nitrogens with one attached hydrogen (secondary N) is 1. The number of methoxy groups -OCH3 is 1. The van der Waals surface area contributed by atoms with Crippen molar-refractivity contribution in [3.05, 3.63) is 95.6 Å². The van der Waals surface area contributed by atoms with Gasteiger partial charge in [0.25, 0.3) is 0 Å². The smallest absolute Gasteiger partial charge is 0.243 e. The summed E-state index contributed by atoms with van der Waals surface area (Å²) in [4.78, 5) is 28.9. The Hall–Kier alpha value is -3.80. The number of hydrogen-bond acceptors (Lipinski definition) is 4. The van der Waals surface area contributed by atoms with Crippen molar-refractivity contribution in [2.24, 2.45) is 0 Å². The van der Waals surface area contributed by atoms with Crippen LogP contribution in [0.4, 0.5) is 0 Å². The Balaban J connectivity index is 1.76. The van der Waals surface area contributed by atoms with Crippen LogP contribution >= 0.6 is 0 Å². The van der Waals surface area contributed by atoms with Gasteiger partial charge in [0, 0.05) is 25.9 Å². The Morgan fingerprint density at radius 2 is 1.58 bits per heavy atom. The number of carbonyl (C=O) groups is 2. The summed E-state index contributed by atoms with van der Waals surface area (Å²) < 4.78 is 11.0. The number of unbranched alkanes of at least 4 members (excludes halogenated alkanes) is 1. The molecule has 0 radical (unpaired) electrons. The third-order valence-corrected chi connectivity index (χ3v) is 6.57. The van der Waals surface area contributed by atoms with E-state index in [0.29, 0.717) is 32.5 Å². The van der Waals surface area contributed by atoms with E-state index in [2.05, 4.69) is 12.2 Å². The Bertz CT molecular complexity index is 1130. The highest BCUT2D eigenvalue weighted by atomic mass is 16.5. The average Bonchev–Trinajstić information content (AvgIpc) is 2.94. The molecule has 2 amide bonds. The lowest BCUT2D eigenvalue weighted by molar-refractivity contribution is -0.141. The molecule has 0 fully saturated rings. The molecule has 6 nitrogen and oxygen atoms in total. The van der Waals surface area contributed by atoms with Crippen LogP contribution in [-0.4, -0.2) is 43.0 Å². The lowest BCUT2D eigenvalue weighted by atomic mass is 10.0. The summed E-state index contributed by atoms with van der Waals surface area (Å²) in [7, 11) is 1.62. The van der Waals surface area contributed by atoms with Crippen LogP contribution in [0.3, 0.4) is 0 Å². The van der Waals surface area contributed by atoms with Crippen LogP contribution in [-0.2, 0) is 22.6 Å². The molecule has 0 saturated heterocycles. The topological polar surface area (TPSA) is 67.9 Å². The molecule has 0 spiro atoms. The molecule has 0 aromatic heterocycles. The monoisotopic (exact) mass is 516 g/mol. The lowest BCUT2D eigenvalue weighted by Crippen LogP contribution is -2.50.